The summed E-state index contributed by atoms with van der Waals surface area (Å²) >= 11 is 0. The number of imide groups is 1. The number of carbonyl (C=O) groups excluding carboxylic acids is 2. The van der Waals surface area contributed by atoms with Crippen LogP contribution in [-0.2, 0) is 13.5 Å². The van der Waals surface area contributed by atoms with Crippen LogP contribution in [0.5, 0.6) is 0 Å². The van der Waals surface area contributed by atoms with Crippen molar-refractivity contribution in [3.63, 3.8) is 0 Å². The van der Waals surface area contributed by atoms with Crippen molar-refractivity contribution >= 4 is 17.6 Å². The van der Waals surface area contributed by atoms with E-state index in [1.54, 1.807) is 48.1 Å². The highest BCUT2D eigenvalue weighted by molar-refractivity contribution is 6.34. The molecule has 6 heteroatoms. The summed E-state index contributed by atoms with van der Waals surface area (Å²) in [7, 11) is 1.75. The van der Waals surface area contributed by atoms with E-state index in [4.69, 9.17) is 0 Å². The van der Waals surface area contributed by atoms with Gasteiger partial charge in [0.2, 0.25) is 0 Å². The van der Waals surface area contributed by atoms with Gasteiger partial charge in [-0.15, -0.1) is 0 Å². The molecule has 0 unspecified atom stereocenters. The van der Waals surface area contributed by atoms with E-state index in [1.807, 2.05) is 6.92 Å². The number of amides is 2. The topological polar surface area (TPSA) is 55.2 Å². The maximum Gasteiger partial charge on any atom is 0.267 e. The third-order valence-electron chi connectivity index (χ3n) is 4.60. The first-order valence-corrected chi connectivity index (χ1v) is 8.32. The van der Waals surface area contributed by atoms with Crippen molar-refractivity contribution in [2.24, 2.45) is 7.05 Å². The van der Waals surface area contributed by atoms with Crippen molar-refractivity contribution in [3.8, 4) is 11.3 Å². The fourth-order valence-electron chi connectivity index (χ4n) is 3.41. The van der Waals surface area contributed by atoms with Crippen molar-refractivity contribution in [1.29, 1.82) is 0 Å². The van der Waals surface area contributed by atoms with Crippen molar-refractivity contribution in [1.82, 2.24) is 9.78 Å². The van der Waals surface area contributed by atoms with Crippen LogP contribution in [0, 0.1) is 5.82 Å². The summed E-state index contributed by atoms with van der Waals surface area (Å²) in [6.07, 6.45) is 0.573. The fraction of sp³-hybridized carbons (Fsp3) is 0.150. The molecule has 0 atom stereocenters. The van der Waals surface area contributed by atoms with Crippen LogP contribution in [0.2, 0.25) is 0 Å². The average Bonchev–Trinajstić information content (AvgIpc) is 3.10. The molecular formula is C20H16FN3O2. The van der Waals surface area contributed by atoms with Crippen molar-refractivity contribution in [3.05, 3.63) is 71.0 Å². The minimum Gasteiger partial charge on any atom is -0.268 e. The second-order valence-electron chi connectivity index (χ2n) is 6.13. The normalized spacial score (nSPS) is 13.4. The van der Waals surface area contributed by atoms with Crippen LogP contribution in [0.1, 0.15) is 33.2 Å². The third kappa shape index (κ3) is 2.26. The first-order chi connectivity index (χ1) is 12.5. The predicted molar refractivity (Wildman–Crippen MR) is 95.6 cm³/mol. The number of halogens is 1. The molecule has 1 aromatic heterocycles. The molecule has 26 heavy (non-hydrogen) atoms. The Labute approximate surface area is 149 Å². The number of hydrogen-bond acceptors (Lipinski definition) is 3. The highest BCUT2D eigenvalue weighted by atomic mass is 19.1. The second kappa shape index (κ2) is 5.91. The Balaban J connectivity index is 1.87. The highest BCUT2D eigenvalue weighted by Crippen LogP contribution is 2.35. The predicted octanol–water partition coefficient (Wildman–Crippen LogP) is 3.59. The van der Waals surface area contributed by atoms with Gasteiger partial charge in [0.1, 0.15) is 5.82 Å². The summed E-state index contributed by atoms with van der Waals surface area (Å²) in [6, 6.07) is 12.8. The van der Waals surface area contributed by atoms with Crippen molar-refractivity contribution in [2.45, 2.75) is 13.3 Å². The van der Waals surface area contributed by atoms with Crippen LogP contribution < -0.4 is 4.90 Å². The lowest BCUT2D eigenvalue weighted by molar-refractivity contribution is 0.0924. The largest absolute Gasteiger partial charge is 0.268 e. The van der Waals surface area contributed by atoms with Gasteiger partial charge in [0.15, 0.2) is 5.82 Å². The quantitative estimate of drug-likeness (QED) is 0.679. The van der Waals surface area contributed by atoms with Crippen LogP contribution in [0.25, 0.3) is 11.3 Å². The van der Waals surface area contributed by atoms with E-state index in [0.29, 0.717) is 23.4 Å². The second-order valence-corrected chi connectivity index (χ2v) is 6.13. The number of carbonyl (C=O) groups is 2. The van der Waals surface area contributed by atoms with Gasteiger partial charge in [0, 0.05) is 18.2 Å². The van der Waals surface area contributed by atoms with E-state index in [-0.39, 0.29) is 17.6 Å². The Hall–Kier alpha value is -3.28. The van der Waals surface area contributed by atoms with Gasteiger partial charge in [-0.3, -0.25) is 14.3 Å². The molecule has 0 saturated heterocycles. The molecule has 0 bridgehead atoms. The van der Waals surface area contributed by atoms with Gasteiger partial charge in [-0.25, -0.2) is 9.29 Å². The number of anilines is 1. The molecular weight excluding hydrogens is 333 g/mol. The van der Waals surface area contributed by atoms with Crippen molar-refractivity contribution in [2.75, 3.05) is 4.90 Å². The molecule has 5 nitrogen and oxygen atoms in total. The molecule has 4 rings (SSSR count). The number of nitrogens with zero attached hydrogens (tertiary/aromatic N) is 3. The zero-order valence-corrected chi connectivity index (χ0v) is 14.4. The monoisotopic (exact) mass is 349 g/mol. The van der Waals surface area contributed by atoms with E-state index in [2.05, 4.69) is 5.10 Å². The van der Waals surface area contributed by atoms with Gasteiger partial charge in [0.25, 0.3) is 11.8 Å². The third-order valence-corrected chi connectivity index (χ3v) is 4.60. The molecule has 1 aliphatic heterocycles. The van der Waals surface area contributed by atoms with Crippen LogP contribution in [0.3, 0.4) is 0 Å². The van der Waals surface area contributed by atoms with Crippen LogP contribution in [-0.4, -0.2) is 21.6 Å². The van der Waals surface area contributed by atoms with Gasteiger partial charge in [-0.05, 0) is 42.8 Å². The fourth-order valence-corrected chi connectivity index (χ4v) is 3.41. The lowest BCUT2D eigenvalue weighted by atomic mass is 10.0. The van der Waals surface area contributed by atoms with Gasteiger partial charge in [0.05, 0.1) is 16.8 Å². The Bertz CT molecular complexity index is 1000. The molecule has 0 N–H and O–H groups in total. The summed E-state index contributed by atoms with van der Waals surface area (Å²) in [5.74, 6) is -0.733. The number of hydrogen-bond donors (Lipinski definition) is 0. The van der Waals surface area contributed by atoms with Crippen molar-refractivity contribution < 1.29 is 14.0 Å². The molecule has 0 radical (unpaired) electrons. The van der Waals surface area contributed by atoms with Crippen LogP contribution in [0.4, 0.5) is 10.2 Å². The Kier molecular flexibility index (Phi) is 3.68. The Morgan fingerprint density at radius 2 is 1.54 bits per heavy atom. The Morgan fingerprint density at radius 1 is 0.962 bits per heavy atom. The summed E-state index contributed by atoms with van der Waals surface area (Å²) in [5, 5.41) is 4.45. The maximum atomic E-state index is 13.3. The van der Waals surface area contributed by atoms with Crippen LogP contribution in [0.15, 0.2) is 48.5 Å². The molecule has 1 aliphatic rings. The molecule has 0 spiro atoms. The molecule has 130 valence electrons. The number of fused-ring (bicyclic) bond motifs is 1. The number of aromatic nitrogens is 2. The number of benzene rings is 2. The average molecular weight is 349 g/mol. The smallest absolute Gasteiger partial charge is 0.267 e. The standard InChI is InChI=1S/C20H16FN3O2/c1-3-14-17(12-8-10-13(21)11-9-12)23(2)22-18(14)24-19(25)15-6-4-5-7-16(15)20(24)26/h4-11H,3H2,1-2H3. The lowest BCUT2D eigenvalue weighted by Crippen LogP contribution is -2.30. The minimum absolute atomic E-state index is 0.325. The molecule has 0 aliphatic carbocycles. The molecule has 2 heterocycles. The zero-order valence-electron chi connectivity index (χ0n) is 14.4. The highest BCUT2D eigenvalue weighted by Gasteiger charge is 2.39. The lowest BCUT2D eigenvalue weighted by Gasteiger charge is -2.12. The van der Waals surface area contributed by atoms with Crippen LogP contribution >= 0.6 is 0 Å². The zero-order chi connectivity index (χ0) is 18.4. The SMILES string of the molecule is CCc1c(N2C(=O)c3ccccc3C2=O)nn(C)c1-c1ccc(F)cc1. The number of aryl methyl sites for hydroxylation is 1. The van der Waals surface area contributed by atoms with E-state index < -0.39 is 0 Å². The molecule has 2 amide bonds. The van der Waals surface area contributed by atoms with Gasteiger partial charge < -0.3 is 0 Å². The maximum absolute atomic E-state index is 13.3. The molecule has 2 aromatic carbocycles. The van der Waals surface area contributed by atoms with E-state index in [9.17, 15) is 14.0 Å². The first kappa shape index (κ1) is 16.2. The molecule has 0 fully saturated rings. The Morgan fingerprint density at radius 3 is 2.08 bits per heavy atom. The van der Waals surface area contributed by atoms with Gasteiger partial charge in [-0.1, -0.05) is 19.1 Å². The molecule has 3 aromatic rings. The summed E-state index contributed by atoms with van der Waals surface area (Å²) < 4.78 is 14.9. The van der Waals surface area contributed by atoms with E-state index in [0.717, 1.165) is 21.7 Å². The summed E-state index contributed by atoms with van der Waals surface area (Å²) in [4.78, 5) is 26.7. The minimum atomic E-state index is -0.371. The van der Waals surface area contributed by atoms with E-state index in [1.165, 1.54) is 12.1 Å². The van der Waals surface area contributed by atoms with Gasteiger partial charge in [-0.2, -0.15) is 5.10 Å². The van der Waals surface area contributed by atoms with Gasteiger partial charge >= 0.3 is 0 Å². The summed E-state index contributed by atoms with van der Waals surface area (Å²) in [6.45, 7) is 1.94. The first-order valence-electron chi connectivity index (χ1n) is 8.32. The number of rotatable bonds is 3. The molecule has 0 saturated carbocycles. The van der Waals surface area contributed by atoms with E-state index >= 15 is 0 Å². The summed E-state index contributed by atoms with van der Waals surface area (Å²) in [5.41, 5.74) is 3.08.